The number of aliphatic hydroxyl groups excluding tert-OH is 1. The Hall–Kier alpha value is 0.180. The van der Waals surface area contributed by atoms with Gasteiger partial charge in [-0.05, 0) is 19.3 Å². The molecule has 7 heteroatoms. The fourth-order valence-corrected chi connectivity index (χ4v) is 5.91. The molecule has 5 nitrogen and oxygen atoms in total. The second-order valence-electron chi connectivity index (χ2n) is 6.21. The molecule has 1 atom stereocenters. The third-order valence-electron chi connectivity index (χ3n) is 4.20. The molecule has 118 valence electrons. The lowest BCUT2D eigenvalue weighted by Gasteiger charge is -2.37. The summed E-state index contributed by atoms with van der Waals surface area (Å²) in [7, 11) is -3.43. The Balaban J connectivity index is 2.12. The third kappa shape index (κ3) is 3.68. The Bertz CT molecular complexity index is 425. The maximum atomic E-state index is 12.8. The molecule has 0 radical (unpaired) electrons. The van der Waals surface area contributed by atoms with Crippen LogP contribution in [0.25, 0.3) is 0 Å². The van der Waals surface area contributed by atoms with Gasteiger partial charge in [0, 0.05) is 36.2 Å². The average molecular weight is 322 g/mol. The van der Waals surface area contributed by atoms with Crippen molar-refractivity contribution >= 4 is 22.0 Å². The number of piperidine rings is 1. The lowest BCUT2D eigenvalue weighted by Crippen LogP contribution is -2.52. The summed E-state index contributed by atoms with van der Waals surface area (Å²) in [6, 6.07) is -0.238. The number of rotatable bonds is 3. The smallest absolute Gasteiger partial charge is 0.282 e. The quantitative estimate of drug-likeness (QED) is 0.851. The fraction of sp³-hybridized carbons (Fsp3) is 1.00. The summed E-state index contributed by atoms with van der Waals surface area (Å²) < 4.78 is 28.9. The Kier molecular flexibility index (Phi) is 5.40. The van der Waals surface area contributed by atoms with Crippen molar-refractivity contribution in [2.75, 3.05) is 32.0 Å². The minimum atomic E-state index is -3.43. The molecule has 0 saturated carbocycles. The van der Waals surface area contributed by atoms with Crippen LogP contribution in [0.15, 0.2) is 0 Å². The first-order chi connectivity index (χ1) is 9.37. The highest BCUT2D eigenvalue weighted by molar-refractivity contribution is 8.00. The van der Waals surface area contributed by atoms with Gasteiger partial charge in [0.15, 0.2) is 0 Å². The standard InChI is InChI=1S/C13H26N2O3S2/c1-13(2)6-8-14(9-10-19-13)20(17,18)15-7-4-3-5-12(15)11-16/h12,16H,3-11H2,1-2H3. The predicted molar refractivity (Wildman–Crippen MR) is 83.1 cm³/mol. The molecule has 2 rings (SSSR count). The van der Waals surface area contributed by atoms with Crippen LogP contribution in [-0.4, -0.2) is 64.9 Å². The van der Waals surface area contributed by atoms with E-state index in [2.05, 4.69) is 13.8 Å². The largest absolute Gasteiger partial charge is 0.395 e. The van der Waals surface area contributed by atoms with Crippen LogP contribution in [-0.2, 0) is 10.2 Å². The van der Waals surface area contributed by atoms with Crippen LogP contribution >= 0.6 is 11.8 Å². The molecular formula is C13H26N2O3S2. The van der Waals surface area contributed by atoms with E-state index < -0.39 is 10.2 Å². The van der Waals surface area contributed by atoms with Gasteiger partial charge in [-0.15, -0.1) is 0 Å². The van der Waals surface area contributed by atoms with Gasteiger partial charge in [0.25, 0.3) is 10.2 Å². The van der Waals surface area contributed by atoms with Gasteiger partial charge >= 0.3 is 0 Å². The van der Waals surface area contributed by atoms with E-state index in [9.17, 15) is 13.5 Å². The van der Waals surface area contributed by atoms with Gasteiger partial charge in [-0.1, -0.05) is 20.3 Å². The minimum absolute atomic E-state index is 0.0761. The second kappa shape index (κ2) is 6.52. The first-order valence-electron chi connectivity index (χ1n) is 7.38. The molecule has 2 saturated heterocycles. The van der Waals surface area contributed by atoms with Crippen molar-refractivity contribution in [2.45, 2.75) is 50.3 Å². The summed E-state index contributed by atoms with van der Waals surface area (Å²) in [5.41, 5.74) is 0. The van der Waals surface area contributed by atoms with E-state index in [4.69, 9.17) is 0 Å². The van der Waals surface area contributed by atoms with Crippen LogP contribution in [0.5, 0.6) is 0 Å². The number of hydrogen-bond acceptors (Lipinski definition) is 4. The molecule has 0 aromatic heterocycles. The van der Waals surface area contributed by atoms with Crippen molar-refractivity contribution in [1.29, 1.82) is 0 Å². The van der Waals surface area contributed by atoms with Gasteiger partial charge in [-0.25, -0.2) is 0 Å². The maximum Gasteiger partial charge on any atom is 0.282 e. The van der Waals surface area contributed by atoms with Gasteiger partial charge in [-0.3, -0.25) is 0 Å². The minimum Gasteiger partial charge on any atom is -0.395 e. The first-order valence-corrected chi connectivity index (χ1v) is 9.77. The Morgan fingerprint density at radius 2 is 2.00 bits per heavy atom. The summed E-state index contributed by atoms with van der Waals surface area (Å²) in [6.45, 7) is 5.96. The van der Waals surface area contributed by atoms with Crippen LogP contribution < -0.4 is 0 Å². The molecule has 20 heavy (non-hydrogen) atoms. The predicted octanol–water partition coefficient (Wildman–Crippen LogP) is 1.30. The molecule has 0 bridgehead atoms. The Labute approximate surface area is 126 Å². The highest BCUT2D eigenvalue weighted by Crippen LogP contribution is 2.32. The van der Waals surface area contributed by atoms with E-state index in [0.29, 0.717) is 19.6 Å². The molecule has 2 aliphatic heterocycles. The van der Waals surface area contributed by atoms with Gasteiger partial charge in [0.1, 0.15) is 0 Å². The van der Waals surface area contributed by atoms with E-state index in [-0.39, 0.29) is 17.4 Å². The molecule has 2 heterocycles. The normalized spacial score (nSPS) is 30.1. The van der Waals surface area contributed by atoms with Gasteiger partial charge in [0.2, 0.25) is 0 Å². The third-order valence-corrected chi connectivity index (χ3v) is 7.67. The highest BCUT2D eigenvalue weighted by Gasteiger charge is 2.37. The lowest BCUT2D eigenvalue weighted by molar-refractivity contribution is 0.148. The first kappa shape index (κ1) is 16.5. The van der Waals surface area contributed by atoms with E-state index in [1.165, 1.54) is 4.31 Å². The summed E-state index contributed by atoms with van der Waals surface area (Å²) >= 11 is 1.84. The molecule has 2 aliphatic rings. The van der Waals surface area contributed by atoms with Crippen LogP contribution in [0.1, 0.15) is 39.5 Å². The average Bonchev–Trinajstić information content (AvgIpc) is 2.60. The monoisotopic (exact) mass is 322 g/mol. The zero-order valence-corrected chi connectivity index (χ0v) is 14.0. The van der Waals surface area contributed by atoms with Crippen molar-refractivity contribution in [3.05, 3.63) is 0 Å². The number of hydrogen-bond donors (Lipinski definition) is 1. The van der Waals surface area contributed by atoms with Crippen molar-refractivity contribution in [3.8, 4) is 0 Å². The van der Waals surface area contributed by atoms with E-state index >= 15 is 0 Å². The zero-order chi connectivity index (χ0) is 14.8. The van der Waals surface area contributed by atoms with E-state index in [0.717, 1.165) is 31.4 Å². The fourth-order valence-electron chi connectivity index (χ4n) is 2.84. The van der Waals surface area contributed by atoms with E-state index in [1.54, 1.807) is 4.31 Å². The number of aliphatic hydroxyl groups is 1. The van der Waals surface area contributed by atoms with Gasteiger partial charge < -0.3 is 5.11 Å². The van der Waals surface area contributed by atoms with Crippen molar-refractivity contribution in [3.63, 3.8) is 0 Å². The van der Waals surface area contributed by atoms with Crippen LogP contribution in [0.4, 0.5) is 0 Å². The van der Waals surface area contributed by atoms with E-state index in [1.807, 2.05) is 11.8 Å². The molecule has 1 unspecified atom stereocenters. The molecule has 0 amide bonds. The topological polar surface area (TPSA) is 60.9 Å². The molecule has 1 N–H and O–H groups in total. The molecular weight excluding hydrogens is 296 g/mol. The maximum absolute atomic E-state index is 12.8. The zero-order valence-electron chi connectivity index (χ0n) is 12.4. The second-order valence-corrected chi connectivity index (χ2v) is 9.89. The van der Waals surface area contributed by atoms with Crippen LogP contribution in [0.3, 0.4) is 0 Å². The summed E-state index contributed by atoms with van der Waals surface area (Å²) in [5.74, 6) is 0.837. The van der Waals surface area contributed by atoms with Crippen molar-refractivity contribution in [1.82, 2.24) is 8.61 Å². The van der Waals surface area contributed by atoms with Gasteiger partial charge in [0.05, 0.1) is 6.61 Å². The molecule has 2 fully saturated rings. The van der Waals surface area contributed by atoms with Crippen LogP contribution in [0, 0.1) is 0 Å². The van der Waals surface area contributed by atoms with Crippen LogP contribution in [0.2, 0.25) is 0 Å². The lowest BCUT2D eigenvalue weighted by atomic mass is 10.1. The molecule has 0 aromatic rings. The summed E-state index contributed by atoms with van der Waals surface area (Å²) in [6.07, 6.45) is 3.53. The number of nitrogens with zero attached hydrogens (tertiary/aromatic N) is 2. The Morgan fingerprint density at radius 1 is 1.25 bits per heavy atom. The molecule has 0 spiro atoms. The molecule has 0 aromatic carbocycles. The van der Waals surface area contributed by atoms with Gasteiger partial charge in [-0.2, -0.15) is 28.8 Å². The SMILES string of the molecule is CC1(C)CCN(S(=O)(=O)N2CCCCC2CO)CCS1. The number of thioether (sulfide) groups is 1. The Morgan fingerprint density at radius 3 is 2.70 bits per heavy atom. The summed E-state index contributed by atoms with van der Waals surface area (Å²) in [5, 5.41) is 9.43. The summed E-state index contributed by atoms with van der Waals surface area (Å²) in [4.78, 5) is 0. The van der Waals surface area contributed by atoms with Crippen molar-refractivity contribution in [2.24, 2.45) is 0 Å². The van der Waals surface area contributed by atoms with Crippen molar-refractivity contribution < 1.29 is 13.5 Å². The molecule has 0 aliphatic carbocycles. The highest BCUT2D eigenvalue weighted by atomic mass is 32.2.